The van der Waals surface area contributed by atoms with Crippen molar-refractivity contribution in [3.05, 3.63) is 76.2 Å². The number of hydrogen-bond donors (Lipinski definition) is 2. The molecule has 1 aromatic heterocycles. The van der Waals surface area contributed by atoms with Crippen LogP contribution in [0.4, 0.5) is 0 Å². The summed E-state index contributed by atoms with van der Waals surface area (Å²) in [7, 11) is 0. The number of Topliss-reactive ketones (excluding diaryl/α,β-unsaturated/α-hetero) is 1. The Hall–Kier alpha value is -2.53. The summed E-state index contributed by atoms with van der Waals surface area (Å²) >= 11 is 3.44. The van der Waals surface area contributed by atoms with E-state index >= 15 is 0 Å². The van der Waals surface area contributed by atoms with Gasteiger partial charge < -0.3 is 10.4 Å². The highest BCUT2D eigenvalue weighted by molar-refractivity contribution is 9.10. The molecule has 0 amide bonds. The molecule has 0 bridgehead atoms. The Morgan fingerprint density at radius 2 is 1.96 bits per heavy atom. The van der Waals surface area contributed by atoms with E-state index in [4.69, 9.17) is 5.41 Å². The fraction of sp³-hybridized carbons (Fsp3) is 0.190. The van der Waals surface area contributed by atoms with Crippen molar-refractivity contribution in [1.29, 1.82) is 5.41 Å². The van der Waals surface area contributed by atoms with Crippen LogP contribution in [0, 0.1) is 12.3 Å². The molecule has 3 rings (SSSR count). The lowest BCUT2D eigenvalue weighted by atomic mass is 9.92. The maximum atomic E-state index is 12.8. The molecule has 0 aliphatic heterocycles. The zero-order valence-corrected chi connectivity index (χ0v) is 16.3. The summed E-state index contributed by atoms with van der Waals surface area (Å²) in [6.07, 6.45) is 2.39. The van der Waals surface area contributed by atoms with E-state index in [9.17, 15) is 4.79 Å². The van der Waals surface area contributed by atoms with Crippen LogP contribution < -0.4 is 0 Å². The summed E-state index contributed by atoms with van der Waals surface area (Å²) in [6.45, 7) is 3.89. The van der Waals surface area contributed by atoms with E-state index in [1.54, 1.807) is 12.3 Å². The van der Waals surface area contributed by atoms with Gasteiger partial charge in [-0.25, -0.2) is 4.98 Å². The fourth-order valence-corrected chi connectivity index (χ4v) is 3.16. The summed E-state index contributed by atoms with van der Waals surface area (Å²) < 4.78 is 0.950. The molecule has 3 aromatic rings. The Labute approximate surface area is 161 Å². The number of carbonyl (C=O) groups is 1. The van der Waals surface area contributed by atoms with Gasteiger partial charge in [0.1, 0.15) is 5.82 Å². The van der Waals surface area contributed by atoms with Crippen molar-refractivity contribution in [3.8, 4) is 11.3 Å². The quantitative estimate of drug-likeness (QED) is 0.414. The highest BCUT2D eigenvalue weighted by atomic mass is 79.9. The number of hydrogen-bond acceptors (Lipinski definition) is 3. The number of carbonyl (C=O) groups excluding carboxylic acids is 1. The number of nitrogens with zero attached hydrogens (tertiary/aromatic N) is 1. The number of nitrogens with one attached hydrogen (secondary N) is 2. The molecule has 0 fully saturated rings. The Morgan fingerprint density at radius 1 is 1.23 bits per heavy atom. The molecule has 26 heavy (non-hydrogen) atoms. The molecule has 0 aliphatic rings. The zero-order chi connectivity index (χ0) is 18.7. The predicted molar refractivity (Wildman–Crippen MR) is 108 cm³/mol. The fourth-order valence-electron chi connectivity index (χ4n) is 2.91. The molecule has 0 saturated heterocycles. The van der Waals surface area contributed by atoms with Crippen molar-refractivity contribution in [2.24, 2.45) is 0 Å². The molecule has 0 spiro atoms. The minimum atomic E-state index is -0.357. The highest BCUT2D eigenvalue weighted by Gasteiger charge is 2.25. The molecule has 2 aromatic carbocycles. The SMILES string of the molecule is CCC(C(=N)C(=O)c1ccc(Br)c(C)c1)c1ncc(-c2ccccc2)[nH]1. The number of aromatic amines is 1. The second kappa shape index (κ2) is 7.79. The monoisotopic (exact) mass is 409 g/mol. The van der Waals surface area contributed by atoms with Crippen molar-refractivity contribution in [2.45, 2.75) is 26.2 Å². The van der Waals surface area contributed by atoms with Crippen molar-refractivity contribution >= 4 is 27.4 Å². The molecular formula is C21H20BrN3O. The molecule has 4 nitrogen and oxygen atoms in total. The lowest BCUT2D eigenvalue weighted by molar-refractivity contribution is 0.106. The number of ketones is 1. The van der Waals surface area contributed by atoms with E-state index in [1.807, 2.05) is 56.3 Å². The van der Waals surface area contributed by atoms with Crippen molar-refractivity contribution in [3.63, 3.8) is 0 Å². The van der Waals surface area contributed by atoms with Crippen LogP contribution >= 0.6 is 15.9 Å². The number of rotatable bonds is 6. The molecule has 2 N–H and O–H groups in total. The van der Waals surface area contributed by atoms with Gasteiger partial charge in [-0.2, -0.15) is 0 Å². The number of H-pyrrole nitrogens is 1. The molecule has 0 radical (unpaired) electrons. The van der Waals surface area contributed by atoms with Gasteiger partial charge in [0.05, 0.1) is 23.5 Å². The Balaban J connectivity index is 1.86. The normalized spacial score (nSPS) is 12.0. The summed E-state index contributed by atoms with van der Waals surface area (Å²) in [5.41, 5.74) is 3.48. The molecule has 1 heterocycles. The van der Waals surface area contributed by atoms with Gasteiger partial charge in [-0.05, 0) is 42.7 Å². The van der Waals surface area contributed by atoms with Gasteiger partial charge in [0.2, 0.25) is 5.78 Å². The molecule has 0 saturated carbocycles. The Morgan fingerprint density at radius 3 is 2.62 bits per heavy atom. The van der Waals surface area contributed by atoms with Gasteiger partial charge in [-0.3, -0.25) is 4.79 Å². The Kier molecular flexibility index (Phi) is 5.47. The predicted octanol–water partition coefficient (Wildman–Crippen LogP) is 5.54. The van der Waals surface area contributed by atoms with Crippen LogP contribution in [-0.4, -0.2) is 21.5 Å². The van der Waals surface area contributed by atoms with Crippen LogP contribution in [0.25, 0.3) is 11.3 Å². The molecule has 1 unspecified atom stereocenters. The number of halogens is 1. The van der Waals surface area contributed by atoms with Gasteiger partial charge >= 0.3 is 0 Å². The summed E-state index contributed by atoms with van der Waals surface area (Å²) in [5, 5.41) is 8.44. The standard InChI is InChI=1S/C21H20BrN3O/c1-3-16(19(23)20(26)15-9-10-17(22)13(2)11-15)21-24-12-18(25-21)14-7-5-4-6-8-14/h4-12,16,23H,3H2,1-2H3,(H,24,25). The van der Waals surface area contributed by atoms with Crippen molar-refractivity contribution in [2.75, 3.05) is 0 Å². The topological polar surface area (TPSA) is 69.6 Å². The maximum Gasteiger partial charge on any atom is 0.207 e. The van der Waals surface area contributed by atoms with E-state index in [-0.39, 0.29) is 17.4 Å². The number of aromatic nitrogens is 2. The van der Waals surface area contributed by atoms with Crippen molar-refractivity contribution < 1.29 is 4.79 Å². The van der Waals surface area contributed by atoms with Crippen LogP contribution in [0.5, 0.6) is 0 Å². The van der Waals surface area contributed by atoms with Crippen LogP contribution in [0.3, 0.4) is 0 Å². The summed E-state index contributed by atoms with van der Waals surface area (Å²) in [4.78, 5) is 20.5. The lowest BCUT2D eigenvalue weighted by Crippen LogP contribution is -2.22. The zero-order valence-electron chi connectivity index (χ0n) is 14.7. The first-order valence-electron chi connectivity index (χ1n) is 8.51. The van der Waals surface area contributed by atoms with Crippen LogP contribution in [-0.2, 0) is 0 Å². The molecular weight excluding hydrogens is 390 g/mol. The van der Waals surface area contributed by atoms with E-state index in [0.717, 1.165) is 21.3 Å². The Bertz CT molecular complexity index is 947. The average molecular weight is 410 g/mol. The lowest BCUT2D eigenvalue weighted by Gasteiger charge is -2.13. The van der Waals surface area contributed by atoms with Gasteiger partial charge in [-0.15, -0.1) is 0 Å². The second-order valence-electron chi connectivity index (χ2n) is 6.22. The van der Waals surface area contributed by atoms with Crippen LogP contribution in [0.1, 0.15) is 41.0 Å². The van der Waals surface area contributed by atoms with Gasteiger partial charge in [-0.1, -0.05) is 53.2 Å². The van der Waals surface area contributed by atoms with E-state index in [2.05, 4.69) is 25.9 Å². The van der Waals surface area contributed by atoms with Crippen LogP contribution in [0.15, 0.2) is 59.2 Å². The first kappa shape index (κ1) is 18.3. The molecule has 132 valence electrons. The molecule has 1 atom stereocenters. The van der Waals surface area contributed by atoms with Crippen molar-refractivity contribution in [1.82, 2.24) is 9.97 Å². The molecule has 0 aliphatic carbocycles. The number of imidazole rings is 1. The highest BCUT2D eigenvalue weighted by Crippen LogP contribution is 2.25. The average Bonchev–Trinajstić information content (AvgIpc) is 3.14. The third-order valence-electron chi connectivity index (χ3n) is 4.43. The third kappa shape index (κ3) is 3.68. The maximum absolute atomic E-state index is 12.8. The smallest absolute Gasteiger partial charge is 0.207 e. The first-order chi connectivity index (χ1) is 12.5. The second-order valence-corrected chi connectivity index (χ2v) is 7.07. The van der Waals surface area contributed by atoms with Crippen LogP contribution in [0.2, 0.25) is 0 Å². The number of benzene rings is 2. The molecule has 5 heteroatoms. The summed E-state index contributed by atoms with van der Waals surface area (Å²) in [6, 6.07) is 15.3. The van der Waals surface area contributed by atoms with E-state index < -0.39 is 0 Å². The van der Waals surface area contributed by atoms with Gasteiger partial charge in [0.25, 0.3) is 0 Å². The van der Waals surface area contributed by atoms with E-state index in [1.165, 1.54) is 0 Å². The first-order valence-corrected chi connectivity index (χ1v) is 9.30. The minimum Gasteiger partial charge on any atom is -0.341 e. The third-order valence-corrected chi connectivity index (χ3v) is 5.32. The van der Waals surface area contributed by atoms with Gasteiger partial charge in [0, 0.05) is 10.0 Å². The van der Waals surface area contributed by atoms with Gasteiger partial charge in [0.15, 0.2) is 0 Å². The summed E-state index contributed by atoms with van der Waals surface area (Å²) in [5.74, 6) is 0.0348. The number of aryl methyl sites for hydroxylation is 1. The largest absolute Gasteiger partial charge is 0.341 e. The van der Waals surface area contributed by atoms with E-state index in [0.29, 0.717) is 17.8 Å². The minimum absolute atomic E-state index is 0.0585.